The average molecular weight is 501 g/mol. The Balaban J connectivity index is 0. The fourth-order valence-corrected chi connectivity index (χ4v) is 4.30. The summed E-state index contributed by atoms with van der Waals surface area (Å²) in [4.78, 5) is 25.7. The zero-order chi connectivity index (χ0) is 23.4. The summed E-state index contributed by atoms with van der Waals surface area (Å²) in [6.07, 6.45) is 0.814. The van der Waals surface area contributed by atoms with Crippen LogP contribution in [0.1, 0.15) is 75.8 Å². The van der Waals surface area contributed by atoms with Gasteiger partial charge in [-0.3, -0.25) is 9.59 Å². The highest BCUT2D eigenvalue weighted by Gasteiger charge is 2.43. The molecule has 202 valence electrons. The molecule has 5 nitrogen and oxygen atoms in total. The summed E-state index contributed by atoms with van der Waals surface area (Å²) in [5, 5.41) is 13.2. The first-order chi connectivity index (χ1) is 15.2. The molecule has 0 aromatic heterocycles. The van der Waals surface area contributed by atoms with E-state index in [0.29, 0.717) is 6.42 Å². The van der Waals surface area contributed by atoms with Gasteiger partial charge in [-0.2, -0.15) is 0 Å². The molecule has 0 aliphatic rings. The van der Waals surface area contributed by atoms with Gasteiger partial charge in [0, 0.05) is 5.56 Å². The number of aliphatic hydroxyl groups is 1. The number of esters is 2. The van der Waals surface area contributed by atoms with Crippen LogP contribution in [0.25, 0.3) is 21.5 Å². The van der Waals surface area contributed by atoms with Crippen molar-refractivity contribution in [2.75, 3.05) is 13.2 Å². The summed E-state index contributed by atoms with van der Waals surface area (Å²) >= 11 is 0. The zero-order valence-corrected chi connectivity index (χ0v) is 19.3. The van der Waals surface area contributed by atoms with Gasteiger partial charge in [-0.15, -0.1) is 0 Å². The Morgan fingerprint density at radius 1 is 0.806 bits per heavy atom. The molecule has 0 radical (unpaired) electrons. The molecule has 3 aromatic carbocycles. The monoisotopic (exact) mass is 500 g/mol. The van der Waals surface area contributed by atoms with E-state index < -0.39 is 16.8 Å². The topological polar surface area (TPSA) is 72.8 Å². The number of hydrogen-bond acceptors (Lipinski definition) is 5. The summed E-state index contributed by atoms with van der Waals surface area (Å²) < 4.78 is 11.0. The van der Waals surface area contributed by atoms with Gasteiger partial charge >= 0.3 is 11.9 Å². The van der Waals surface area contributed by atoms with Gasteiger partial charge in [0.1, 0.15) is 13.2 Å². The van der Waals surface area contributed by atoms with Crippen molar-refractivity contribution in [1.82, 2.24) is 0 Å². The quantitative estimate of drug-likeness (QED) is 0.238. The van der Waals surface area contributed by atoms with E-state index in [1.807, 2.05) is 50.2 Å². The van der Waals surface area contributed by atoms with E-state index in [4.69, 9.17) is 14.6 Å². The molecule has 36 heavy (non-hydrogen) atoms. The van der Waals surface area contributed by atoms with Gasteiger partial charge in [0.05, 0.1) is 17.4 Å². The molecule has 0 bridgehead atoms. The van der Waals surface area contributed by atoms with Gasteiger partial charge < -0.3 is 14.6 Å². The van der Waals surface area contributed by atoms with Crippen molar-refractivity contribution in [2.24, 2.45) is 10.8 Å². The first-order valence-corrected chi connectivity index (χ1v) is 11.1. The van der Waals surface area contributed by atoms with Crippen LogP contribution in [0.5, 0.6) is 0 Å². The van der Waals surface area contributed by atoms with Crippen LogP contribution in [0.4, 0.5) is 0 Å². The number of aliphatic hydroxyl groups excluding tert-OH is 1. The Hall–Kier alpha value is -2.92. The molecule has 3 rings (SSSR count). The van der Waals surface area contributed by atoms with Crippen molar-refractivity contribution in [3.63, 3.8) is 0 Å². The molecule has 0 fully saturated rings. The highest BCUT2D eigenvalue weighted by Crippen LogP contribution is 2.39. The fraction of sp³-hybridized carbons (Fsp3) is 0.484. The van der Waals surface area contributed by atoms with Gasteiger partial charge in [0.2, 0.25) is 0 Å². The van der Waals surface area contributed by atoms with Crippen LogP contribution in [-0.4, -0.2) is 30.3 Å². The number of fused-ring (bicyclic) bond motifs is 2. The predicted octanol–water partition coefficient (Wildman–Crippen LogP) is 7.95. The Morgan fingerprint density at radius 3 is 1.78 bits per heavy atom. The number of hydrogen-bond donors (Lipinski definition) is 1. The maximum Gasteiger partial charge on any atom is 0.312 e. The predicted molar refractivity (Wildman–Crippen MR) is 153 cm³/mol. The normalized spacial score (nSPS) is 12.1. The molecular formula is C31H48O5. The molecule has 1 atom stereocenters. The molecule has 0 amide bonds. The van der Waals surface area contributed by atoms with E-state index in [0.717, 1.165) is 27.1 Å². The number of carbonyl (C=O) groups excluding carboxylic acids is 2. The minimum atomic E-state index is -0.884. The third kappa shape index (κ3) is 7.54. The molecule has 0 aliphatic carbocycles. The second-order valence-corrected chi connectivity index (χ2v) is 9.21. The van der Waals surface area contributed by atoms with Gasteiger partial charge in [-0.1, -0.05) is 85.2 Å². The van der Waals surface area contributed by atoms with Crippen molar-refractivity contribution in [2.45, 2.75) is 76.9 Å². The largest absolute Gasteiger partial charge is 0.463 e. The summed E-state index contributed by atoms with van der Waals surface area (Å²) in [5.41, 5.74) is -0.750. The van der Waals surface area contributed by atoms with Gasteiger partial charge in [-0.05, 0) is 61.2 Å². The van der Waals surface area contributed by atoms with Crippen LogP contribution in [0.15, 0.2) is 54.6 Å². The van der Waals surface area contributed by atoms with Crippen molar-refractivity contribution < 1.29 is 24.2 Å². The average Bonchev–Trinajstić information content (AvgIpc) is 2.79. The SMILES string of the molecule is C.C.C.C.CCC(C)(CC(C)(C)C(=O)OCCO)C(=O)OCc1c2ccccc2cc2ccccc12. The molecule has 0 spiro atoms. The van der Waals surface area contributed by atoms with Gasteiger partial charge in [0.25, 0.3) is 0 Å². The Kier molecular flexibility index (Phi) is 14.3. The molecule has 0 saturated carbocycles. The van der Waals surface area contributed by atoms with Crippen LogP contribution in [0.2, 0.25) is 0 Å². The van der Waals surface area contributed by atoms with Crippen molar-refractivity contribution >= 4 is 33.5 Å². The third-order valence-electron chi connectivity index (χ3n) is 6.21. The lowest BCUT2D eigenvalue weighted by atomic mass is 9.72. The maximum atomic E-state index is 13.2. The molecule has 0 saturated heterocycles. The van der Waals surface area contributed by atoms with Gasteiger partial charge in [-0.25, -0.2) is 0 Å². The second-order valence-electron chi connectivity index (χ2n) is 9.21. The standard InChI is InChI=1S/C27H32O5.4CH4/c1-5-27(4,18-26(2,3)24(29)31-15-14-28)25(30)32-17-23-21-12-8-6-10-19(21)16-20-11-7-9-13-22(20)23;;;;/h6-13,16,28H,5,14-15,17-18H2,1-4H3;4*1H4. The summed E-state index contributed by atoms with van der Waals surface area (Å²) in [6, 6.07) is 18.3. The first-order valence-electron chi connectivity index (χ1n) is 11.1. The number of carbonyl (C=O) groups is 2. The molecule has 0 heterocycles. The minimum Gasteiger partial charge on any atom is -0.463 e. The Bertz CT molecular complexity index is 1060. The molecule has 3 aromatic rings. The van der Waals surface area contributed by atoms with Crippen LogP contribution in [-0.2, 0) is 25.7 Å². The molecular weight excluding hydrogens is 452 g/mol. The Labute approximate surface area is 218 Å². The van der Waals surface area contributed by atoms with Crippen LogP contribution in [0.3, 0.4) is 0 Å². The van der Waals surface area contributed by atoms with Crippen molar-refractivity contribution in [3.8, 4) is 0 Å². The van der Waals surface area contributed by atoms with E-state index in [1.165, 1.54) is 0 Å². The third-order valence-corrected chi connectivity index (χ3v) is 6.21. The molecule has 1 N–H and O–H groups in total. The second kappa shape index (κ2) is 14.6. The van der Waals surface area contributed by atoms with E-state index in [9.17, 15) is 9.59 Å². The molecule has 1 unspecified atom stereocenters. The lowest BCUT2D eigenvalue weighted by molar-refractivity contribution is -0.164. The lowest BCUT2D eigenvalue weighted by Gasteiger charge is -2.33. The van der Waals surface area contributed by atoms with E-state index in [2.05, 4.69) is 18.2 Å². The highest BCUT2D eigenvalue weighted by atomic mass is 16.5. The maximum absolute atomic E-state index is 13.2. The molecule has 5 heteroatoms. The van der Waals surface area contributed by atoms with Crippen molar-refractivity contribution in [3.05, 3.63) is 60.2 Å². The number of rotatable bonds is 9. The van der Waals surface area contributed by atoms with Crippen molar-refractivity contribution in [1.29, 1.82) is 0 Å². The number of benzene rings is 3. The zero-order valence-electron chi connectivity index (χ0n) is 19.3. The summed E-state index contributed by atoms with van der Waals surface area (Å²) in [5.74, 6) is -0.765. The minimum absolute atomic E-state index is 0. The van der Waals surface area contributed by atoms with Crippen LogP contribution < -0.4 is 0 Å². The summed E-state index contributed by atoms with van der Waals surface area (Å²) in [6.45, 7) is 7.14. The van der Waals surface area contributed by atoms with E-state index >= 15 is 0 Å². The van der Waals surface area contributed by atoms with Gasteiger partial charge in [0.15, 0.2) is 0 Å². The van der Waals surface area contributed by atoms with Crippen LogP contribution >= 0.6 is 0 Å². The lowest BCUT2D eigenvalue weighted by Crippen LogP contribution is -2.38. The smallest absolute Gasteiger partial charge is 0.312 e. The number of ether oxygens (including phenoxy) is 2. The molecule has 0 aliphatic heterocycles. The Morgan fingerprint density at radius 2 is 1.31 bits per heavy atom. The van der Waals surface area contributed by atoms with E-state index in [1.54, 1.807) is 13.8 Å². The fourth-order valence-electron chi connectivity index (χ4n) is 4.30. The summed E-state index contributed by atoms with van der Waals surface area (Å²) in [7, 11) is 0. The van der Waals surface area contributed by atoms with E-state index in [-0.39, 0.29) is 61.9 Å². The highest BCUT2D eigenvalue weighted by molar-refractivity contribution is 6.02. The van der Waals surface area contributed by atoms with Crippen LogP contribution in [0, 0.1) is 10.8 Å². The first kappa shape index (κ1) is 35.2.